The molecule has 0 N–H and O–H groups in total. The molecule has 1 aliphatic rings. The molecule has 0 aliphatic carbocycles. The van der Waals surface area contributed by atoms with Crippen molar-refractivity contribution in [3.63, 3.8) is 0 Å². The number of hydrogen-bond acceptors (Lipinski definition) is 3. The van der Waals surface area contributed by atoms with Crippen LogP contribution >= 0.6 is 0 Å². The summed E-state index contributed by atoms with van der Waals surface area (Å²) in [6, 6.07) is 11.6. The molecule has 3 rings (SSSR count). The van der Waals surface area contributed by atoms with E-state index in [2.05, 4.69) is 0 Å². The molecule has 23 heavy (non-hydrogen) atoms. The number of halogens is 1. The zero-order valence-corrected chi connectivity index (χ0v) is 12.7. The number of likely N-dealkylation sites (N-methyl/N-ethyl adjacent to an activating group) is 1. The fraction of sp³-hybridized carbons (Fsp3) is 0.222. The van der Waals surface area contributed by atoms with Gasteiger partial charge in [-0.05, 0) is 36.2 Å². The maximum Gasteiger partial charge on any atom is 0.254 e. The van der Waals surface area contributed by atoms with Crippen molar-refractivity contribution in [2.24, 2.45) is 0 Å². The normalized spacial score (nSPS) is 13.4. The van der Waals surface area contributed by atoms with Gasteiger partial charge in [-0.3, -0.25) is 4.79 Å². The molecule has 0 fully saturated rings. The molecule has 1 aliphatic heterocycles. The van der Waals surface area contributed by atoms with Gasteiger partial charge in [0.05, 0.1) is 5.56 Å². The molecule has 0 saturated heterocycles. The average molecular weight is 310 g/mol. The van der Waals surface area contributed by atoms with E-state index in [-0.39, 0.29) is 18.1 Å². The second kappa shape index (κ2) is 6.09. The molecular formula is C18H15FN2O2. The first-order valence-corrected chi connectivity index (χ1v) is 7.29. The monoisotopic (exact) mass is 310 g/mol. The van der Waals surface area contributed by atoms with Crippen molar-refractivity contribution in [1.82, 2.24) is 4.90 Å². The minimum Gasteiger partial charge on any atom is -0.489 e. The Bertz CT molecular complexity index is 811. The third-order valence-electron chi connectivity index (χ3n) is 3.96. The summed E-state index contributed by atoms with van der Waals surface area (Å²) in [6.07, 6.45) is 0.732. The van der Waals surface area contributed by atoms with E-state index in [4.69, 9.17) is 10.00 Å². The Morgan fingerprint density at radius 1 is 1.35 bits per heavy atom. The lowest BCUT2D eigenvalue weighted by molar-refractivity contribution is 0.0779. The van der Waals surface area contributed by atoms with E-state index < -0.39 is 5.82 Å². The van der Waals surface area contributed by atoms with Gasteiger partial charge in [-0.1, -0.05) is 12.1 Å². The van der Waals surface area contributed by atoms with Crippen LogP contribution in [0.1, 0.15) is 27.0 Å². The first-order valence-electron chi connectivity index (χ1n) is 7.29. The van der Waals surface area contributed by atoms with Crippen molar-refractivity contribution < 1.29 is 13.9 Å². The molecular weight excluding hydrogens is 295 g/mol. The largest absolute Gasteiger partial charge is 0.489 e. The topological polar surface area (TPSA) is 53.3 Å². The van der Waals surface area contributed by atoms with Crippen molar-refractivity contribution in [2.45, 2.75) is 13.0 Å². The third-order valence-corrected chi connectivity index (χ3v) is 3.96. The highest BCUT2D eigenvalue weighted by Crippen LogP contribution is 2.28. The number of nitriles is 1. The van der Waals surface area contributed by atoms with Crippen molar-refractivity contribution in [3.05, 3.63) is 64.5 Å². The van der Waals surface area contributed by atoms with Crippen LogP contribution in [0.25, 0.3) is 0 Å². The molecule has 5 heteroatoms. The van der Waals surface area contributed by atoms with Gasteiger partial charge in [-0.2, -0.15) is 5.26 Å². The molecule has 1 heterocycles. The standard InChI is InChI=1S/C18H15FN2O2/c1-21-8-7-14-15(18(21)22)3-2-4-17(14)23-11-12-5-6-13(10-20)16(19)9-12/h2-6,9H,7-8,11H2,1H3. The number of carbonyl (C=O) groups excluding carboxylic acids is 1. The van der Waals surface area contributed by atoms with Gasteiger partial charge in [-0.25, -0.2) is 4.39 Å². The molecule has 2 aromatic carbocycles. The summed E-state index contributed by atoms with van der Waals surface area (Å²) in [5, 5.41) is 8.74. The van der Waals surface area contributed by atoms with Gasteiger partial charge >= 0.3 is 0 Å². The van der Waals surface area contributed by atoms with Crippen LogP contribution in [0.5, 0.6) is 5.75 Å². The zero-order valence-electron chi connectivity index (χ0n) is 12.7. The Morgan fingerprint density at radius 3 is 2.91 bits per heavy atom. The van der Waals surface area contributed by atoms with Crippen LogP contribution in [-0.4, -0.2) is 24.4 Å². The molecule has 0 spiro atoms. The van der Waals surface area contributed by atoms with Gasteiger partial charge in [-0.15, -0.1) is 0 Å². The number of nitrogens with zero attached hydrogens (tertiary/aromatic N) is 2. The number of carbonyl (C=O) groups is 1. The molecule has 0 unspecified atom stereocenters. The number of rotatable bonds is 3. The molecule has 0 saturated carbocycles. The molecule has 1 amide bonds. The van der Waals surface area contributed by atoms with Crippen LogP contribution in [0, 0.1) is 17.1 Å². The summed E-state index contributed by atoms with van der Waals surface area (Å²) in [4.78, 5) is 13.8. The van der Waals surface area contributed by atoms with E-state index in [9.17, 15) is 9.18 Å². The van der Waals surface area contributed by atoms with Gasteiger partial charge in [0.25, 0.3) is 5.91 Å². The third kappa shape index (κ3) is 2.88. The Labute approximate surface area is 133 Å². The van der Waals surface area contributed by atoms with Crippen LogP contribution < -0.4 is 4.74 Å². The summed E-state index contributed by atoms with van der Waals surface area (Å²) in [7, 11) is 1.78. The van der Waals surface area contributed by atoms with Crippen LogP contribution in [0.3, 0.4) is 0 Å². The summed E-state index contributed by atoms with van der Waals surface area (Å²) in [5.41, 5.74) is 2.20. The minimum atomic E-state index is -0.555. The van der Waals surface area contributed by atoms with Gasteiger partial charge in [0, 0.05) is 24.7 Å². The molecule has 0 atom stereocenters. The van der Waals surface area contributed by atoms with Crippen molar-refractivity contribution in [1.29, 1.82) is 5.26 Å². The number of benzene rings is 2. The van der Waals surface area contributed by atoms with Crippen LogP contribution in [0.4, 0.5) is 4.39 Å². The quantitative estimate of drug-likeness (QED) is 0.876. The Morgan fingerprint density at radius 2 is 2.17 bits per heavy atom. The summed E-state index contributed by atoms with van der Waals surface area (Å²) in [6.45, 7) is 0.834. The second-order valence-electron chi connectivity index (χ2n) is 5.47. The smallest absolute Gasteiger partial charge is 0.254 e. The van der Waals surface area contributed by atoms with Crippen LogP contribution in [0.2, 0.25) is 0 Å². The van der Waals surface area contributed by atoms with E-state index in [0.29, 0.717) is 23.4 Å². The predicted octanol–water partition coefficient (Wildman–Crippen LogP) is 2.90. The van der Waals surface area contributed by atoms with Gasteiger partial charge < -0.3 is 9.64 Å². The Kier molecular flexibility index (Phi) is 3.98. The lowest BCUT2D eigenvalue weighted by Gasteiger charge is -2.26. The minimum absolute atomic E-state index is 0.0129. The van der Waals surface area contributed by atoms with Gasteiger partial charge in [0.2, 0.25) is 0 Å². The highest BCUT2D eigenvalue weighted by molar-refractivity contribution is 5.97. The molecule has 116 valence electrons. The van der Waals surface area contributed by atoms with E-state index in [1.165, 1.54) is 12.1 Å². The molecule has 0 radical (unpaired) electrons. The highest BCUT2D eigenvalue weighted by atomic mass is 19.1. The SMILES string of the molecule is CN1CCc2c(OCc3ccc(C#N)c(F)c3)cccc2C1=O. The number of amides is 1. The molecule has 0 bridgehead atoms. The van der Waals surface area contributed by atoms with Crippen molar-refractivity contribution in [2.75, 3.05) is 13.6 Å². The Hall–Kier alpha value is -2.87. The van der Waals surface area contributed by atoms with Gasteiger partial charge in [0.15, 0.2) is 0 Å². The van der Waals surface area contributed by atoms with Crippen LogP contribution in [0.15, 0.2) is 36.4 Å². The first kappa shape index (κ1) is 15.0. The summed E-state index contributed by atoms with van der Waals surface area (Å²) in [5.74, 6) is 0.0790. The lowest BCUT2D eigenvalue weighted by Crippen LogP contribution is -2.34. The molecule has 2 aromatic rings. The van der Waals surface area contributed by atoms with Crippen molar-refractivity contribution >= 4 is 5.91 Å². The highest BCUT2D eigenvalue weighted by Gasteiger charge is 2.24. The average Bonchev–Trinajstić information content (AvgIpc) is 2.56. The van der Waals surface area contributed by atoms with E-state index >= 15 is 0 Å². The second-order valence-corrected chi connectivity index (χ2v) is 5.47. The number of fused-ring (bicyclic) bond motifs is 1. The molecule has 4 nitrogen and oxygen atoms in total. The predicted molar refractivity (Wildman–Crippen MR) is 82.6 cm³/mol. The fourth-order valence-corrected chi connectivity index (χ4v) is 2.65. The first-order chi connectivity index (χ1) is 11.1. The number of hydrogen-bond donors (Lipinski definition) is 0. The lowest BCUT2D eigenvalue weighted by atomic mass is 9.98. The van der Waals surface area contributed by atoms with Crippen LogP contribution in [-0.2, 0) is 13.0 Å². The fourth-order valence-electron chi connectivity index (χ4n) is 2.65. The van der Waals surface area contributed by atoms with Gasteiger partial charge in [0.1, 0.15) is 24.2 Å². The maximum atomic E-state index is 13.6. The summed E-state index contributed by atoms with van der Waals surface area (Å²) < 4.78 is 19.4. The van der Waals surface area contributed by atoms with Crippen molar-refractivity contribution in [3.8, 4) is 11.8 Å². The van der Waals surface area contributed by atoms with E-state index in [1.807, 2.05) is 6.07 Å². The molecule has 0 aromatic heterocycles. The Balaban J connectivity index is 1.81. The summed E-state index contributed by atoms with van der Waals surface area (Å²) >= 11 is 0. The van der Waals surface area contributed by atoms with E-state index in [0.717, 1.165) is 12.0 Å². The maximum absolute atomic E-state index is 13.6. The van der Waals surface area contributed by atoms with E-state index in [1.54, 1.807) is 36.2 Å². The number of ether oxygens (including phenoxy) is 1. The zero-order chi connectivity index (χ0) is 16.4.